The van der Waals surface area contributed by atoms with Crippen LogP contribution < -0.4 is 5.73 Å². The van der Waals surface area contributed by atoms with Crippen molar-refractivity contribution in [2.24, 2.45) is 5.73 Å². The molecule has 2 atom stereocenters. The minimum Gasteiger partial charge on any atom is -0.333 e. The number of likely N-dealkylation sites (tertiary alicyclic amines) is 1. The Morgan fingerprint density at radius 3 is 2.95 bits per heavy atom. The molecular weight excluding hydrogens is 240 g/mol. The summed E-state index contributed by atoms with van der Waals surface area (Å²) in [6.07, 6.45) is 7.03. The molecule has 0 aliphatic carbocycles. The first-order valence-electron chi connectivity index (χ1n) is 7.24. The van der Waals surface area contributed by atoms with Crippen LogP contribution in [0.5, 0.6) is 0 Å². The number of imidazole rings is 1. The Balaban J connectivity index is 2.37. The van der Waals surface area contributed by atoms with Crippen LogP contribution >= 0.6 is 0 Å². The lowest BCUT2D eigenvalue weighted by molar-refractivity contribution is -0.133. The van der Waals surface area contributed by atoms with Crippen molar-refractivity contribution in [1.29, 1.82) is 0 Å². The Labute approximate surface area is 114 Å². The van der Waals surface area contributed by atoms with Crippen LogP contribution in [0.2, 0.25) is 0 Å². The van der Waals surface area contributed by atoms with Crippen LogP contribution in [0.25, 0.3) is 0 Å². The van der Waals surface area contributed by atoms with Gasteiger partial charge in [0.05, 0.1) is 24.3 Å². The van der Waals surface area contributed by atoms with E-state index in [4.69, 9.17) is 5.73 Å². The molecule has 2 rings (SSSR count). The predicted octanol–water partition coefficient (Wildman–Crippen LogP) is 1.69. The Bertz CT molecular complexity index is 429. The fourth-order valence-corrected chi connectivity index (χ4v) is 2.90. The van der Waals surface area contributed by atoms with Crippen molar-refractivity contribution >= 4 is 5.91 Å². The number of amides is 1. The van der Waals surface area contributed by atoms with Gasteiger partial charge in [-0.3, -0.25) is 4.79 Å². The Morgan fingerprint density at radius 1 is 1.47 bits per heavy atom. The van der Waals surface area contributed by atoms with Crippen LogP contribution in [-0.2, 0) is 11.3 Å². The first kappa shape index (κ1) is 14.1. The van der Waals surface area contributed by atoms with Crippen molar-refractivity contribution in [2.75, 3.05) is 6.54 Å². The van der Waals surface area contributed by atoms with Crippen molar-refractivity contribution in [3.05, 3.63) is 18.2 Å². The van der Waals surface area contributed by atoms with Crippen molar-refractivity contribution in [2.45, 2.75) is 58.2 Å². The second kappa shape index (κ2) is 6.19. The number of aromatic nitrogens is 2. The molecule has 1 amide bonds. The van der Waals surface area contributed by atoms with Gasteiger partial charge in [-0.15, -0.1) is 0 Å². The number of hydrogen-bond donors (Lipinski definition) is 1. The van der Waals surface area contributed by atoms with E-state index in [1.54, 1.807) is 0 Å². The highest BCUT2D eigenvalue weighted by Gasteiger charge is 2.34. The highest BCUT2D eigenvalue weighted by molar-refractivity contribution is 5.77. The maximum absolute atomic E-state index is 12.3. The number of hydrogen-bond acceptors (Lipinski definition) is 3. The summed E-state index contributed by atoms with van der Waals surface area (Å²) in [6, 6.07) is -0.0302. The molecule has 1 aliphatic rings. The third kappa shape index (κ3) is 2.81. The van der Waals surface area contributed by atoms with Gasteiger partial charge in [0.15, 0.2) is 0 Å². The van der Waals surface area contributed by atoms with Crippen LogP contribution in [0, 0.1) is 0 Å². The normalized spacial score (nSPS) is 24.6. The molecule has 0 bridgehead atoms. The maximum Gasteiger partial charge on any atom is 0.223 e. The van der Waals surface area contributed by atoms with Crippen LogP contribution in [0.4, 0.5) is 0 Å². The van der Waals surface area contributed by atoms with E-state index in [-0.39, 0.29) is 18.0 Å². The Morgan fingerprint density at radius 2 is 2.26 bits per heavy atom. The zero-order valence-corrected chi connectivity index (χ0v) is 11.9. The van der Waals surface area contributed by atoms with Gasteiger partial charge < -0.3 is 15.2 Å². The minimum atomic E-state index is -0.0302. The highest BCUT2D eigenvalue weighted by atomic mass is 16.2. The van der Waals surface area contributed by atoms with Gasteiger partial charge in [0, 0.05) is 25.6 Å². The largest absolute Gasteiger partial charge is 0.333 e. The van der Waals surface area contributed by atoms with Crippen molar-refractivity contribution in [1.82, 2.24) is 14.5 Å². The molecular formula is C14H24N4O. The molecule has 5 heteroatoms. The standard InChI is InChI=1S/C14H24N4O/c1-3-8-18-13(19)7-5-6-11(15)14(18)12-9-16-10-17(12)4-2/h9-11,14H,3-8,15H2,1-2H3. The van der Waals surface area contributed by atoms with E-state index in [1.807, 2.05) is 17.4 Å². The molecule has 1 fully saturated rings. The van der Waals surface area contributed by atoms with E-state index < -0.39 is 0 Å². The van der Waals surface area contributed by atoms with E-state index in [9.17, 15) is 4.79 Å². The topological polar surface area (TPSA) is 64.2 Å². The molecule has 2 N–H and O–H groups in total. The van der Waals surface area contributed by atoms with Crippen LogP contribution in [0.3, 0.4) is 0 Å². The summed E-state index contributed by atoms with van der Waals surface area (Å²) >= 11 is 0. The molecule has 1 aromatic rings. The maximum atomic E-state index is 12.3. The highest BCUT2D eigenvalue weighted by Crippen LogP contribution is 2.30. The minimum absolute atomic E-state index is 0.000000000000000222. The molecule has 0 aromatic carbocycles. The van der Waals surface area contributed by atoms with Gasteiger partial charge in [-0.25, -0.2) is 4.98 Å². The molecule has 1 saturated heterocycles. The van der Waals surface area contributed by atoms with Crippen molar-refractivity contribution in [3.63, 3.8) is 0 Å². The lowest BCUT2D eigenvalue weighted by atomic mass is 10.0. The molecule has 0 saturated carbocycles. The second-order valence-electron chi connectivity index (χ2n) is 5.19. The first-order valence-corrected chi connectivity index (χ1v) is 7.24. The van der Waals surface area contributed by atoms with Crippen LogP contribution in [0.15, 0.2) is 12.5 Å². The third-order valence-electron chi connectivity index (χ3n) is 3.84. The summed E-state index contributed by atoms with van der Waals surface area (Å²) in [5.41, 5.74) is 7.41. The summed E-state index contributed by atoms with van der Waals surface area (Å²) in [4.78, 5) is 18.5. The average molecular weight is 264 g/mol. The van der Waals surface area contributed by atoms with Gasteiger partial charge >= 0.3 is 0 Å². The SMILES string of the molecule is CCCN1C(=O)CCCC(N)C1c1cncn1CC. The summed E-state index contributed by atoms with van der Waals surface area (Å²) in [7, 11) is 0. The van der Waals surface area contributed by atoms with Gasteiger partial charge in [0.25, 0.3) is 0 Å². The van der Waals surface area contributed by atoms with Gasteiger partial charge in [0.1, 0.15) is 0 Å². The van der Waals surface area contributed by atoms with E-state index >= 15 is 0 Å². The summed E-state index contributed by atoms with van der Waals surface area (Å²) in [6.45, 7) is 5.80. The monoisotopic (exact) mass is 264 g/mol. The molecule has 0 spiro atoms. The number of nitrogens with two attached hydrogens (primary N) is 1. The van der Waals surface area contributed by atoms with E-state index in [0.29, 0.717) is 6.42 Å². The molecule has 106 valence electrons. The lowest BCUT2D eigenvalue weighted by Gasteiger charge is -2.33. The molecule has 0 radical (unpaired) electrons. The van der Waals surface area contributed by atoms with Gasteiger partial charge in [-0.2, -0.15) is 0 Å². The first-order chi connectivity index (χ1) is 9.19. The van der Waals surface area contributed by atoms with E-state index in [0.717, 1.165) is 38.0 Å². The average Bonchev–Trinajstić information content (AvgIpc) is 2.81. The molecule has 2 unspecified atom stereocenters. The summed E-state index contributed by atoms with van der Waals surface area (Å²) in [5, 5.41) is 0. The van der Waals surface area contributed by atoms with E-state index in [1.165, 1.54) is 0 Å². The Kier molecular flexibility index (Phi) is 4.58. The predicted molar refractivity (Wildman–Crippen MR) is 74.5 cm³/mol. The third-order valence-corrected chi connectivity index (χ3v) is 3.84. The Hall–Kier alpha value is -1.36. The van der Waals surface area contributed by atoms with Gasteiger partial charge in [-0.05, 0) is 26.2 Å². The number of nitrogens with zero attached hydrogens (tertiary/aromatic N) is 3. The fourth-order valence-electron chi connectivity index (χ4n) is 2.90. The number of carbonyl (C=O) groups excluding carboxylic acids is 1. The zero-order chi connectivity index (χ0) is 13.8. The lowest BCUT2D eigenvalue weighted by Crippen LogP contribution is -2.43. The second-order valence-corrected chi connectivity index (χ2v) is 5.19. The van der Waals surface area contributed by atoms with E-state index in [2.05, 4.69) is 23.4 Å². The quantitative estimate of drug-likeness (QED) is 0.900. The summed E-state index contributed by atoms with van der Waals surface area (Å²) < 4.78 is 2.09. The summed E-state index contributed by atoms with van der Waals surface area (Å²) in [5.74, 6) is 0.226. The zero-order valence-electron chi connectivity index (χ0n) is 11.9. The molecule has 19 heavy (non-hydrogen) atoms. The van der Waals surface area contributed by atoms with Crippen LogP contribution in [0.1, 0.15) is 51.3 Å². The van der Waals surface area contributed by atoms with Gasteiger partial charge in [0.2, 0.25) is 5.91 Å². The molecule has 1 aliphatic heterocycles. The smallest absolute Gasteiger partial charge is 0.223 e. The van der Waals surface area contributed by atoms with Crippen LogP contribution in [-0.4, -0.2) is 32.9 Å². The molecule has 1 aromatic heterocycles. The number of aryl methyl sites for hydroxylation is 1. The van der Waals surface area contributed by atoms with Gasteiger partial charge in [-0.1, -0.05) is 6.92 Å². The number of carbonyl (C=O) groups is 1. The van der Waals surface area contributed by atoms with Crippen molar-refractivity contribution in [3.8, 4) is 0 Å². The van der Waals surface area contributed by atoms with Crippen molar-refractivity contribution < 1.29 is 4.79 Å². The molecule has 2 heterocycles. The molecule has 5 nitrogen and oxygen atoms in total. The number of rotatable bonds is 4. The fraction of sp³-hybridized carbons (Fsp3) is 0.714.